The van der Waals surface area contributed by atoms with Gasteiger partial charge >= 0.3 is 0 Å². The summed E-state index contributed by atoms with van der Waals surface area (Å²) in [6, 6.07) is 0. The molecule has 0 aromatic heterocycles. The Morgan fingerprint density at radius 3 is 2.47 bits per heavy atom. The Morgan fingerprint density at radius 1 is 1.03 bits per heavy atom. The van der Waals surface area contributed by atoms with Gasteiger partial charge in [-0.15, -0.1) is 0 Å². The van der Waals surface area contributed by atoms with E-state index >= 15 is 0 Å². The number of rotatable bonds is 8. The molecule has 8 atom stereocenters. The molecular formula is C31H55BrOSi. The Bertz CT molecular complexity index is 854. The highest BCUT2D eigenvalue weighted by molar-refractivity contribution is 9.09. The first kappa shape index (κ1) is 23.5. The van der Waals surface area contributed by atoms with Crippen LogP contribution >= 0.6 is 15.9 Å². The third kappa shape index (κ3) is 4.94. The standard InChI is InChI=1S/C31H55BrOSi/c1-21(2)10-9-11-22(3)25-14-15-27-24-12-13-26-23(4)29(33-34(7,8)20-32)17-19-31(26,6)28(24)16-18-30(25,27)5/h21-22,24-25,27-29H,9-20H2,1-8H3/t22-,24+,25-,27+,28+,29+,30-,31+/m1/s1/i4D3. The van der Waals surface area contributed by atoms with E-state index in [0.29, 0.717) is 16.9 Å². The molecule has 1 nitrogen and oxygen atoms in total. The number of allylic oxidation sites excluding steroid dienone is 1. The predicted octanol–water partition coefficient (Wildman–Crippen LogP) is 9.94. The van der Waals surface area contributed by atoms with Gasteiger partial charge in [-0.2, -0.15) is 0 Å². The van der Waals surface area contributed by atoms with Gasteiger partial charge in [0.15, 0.2) is 8.32 Å². The highest BCUT2D eigenvalue weighted by Crippen LogP contribution is 2.68. The average molecular weight is 555 g/mol. The Morgan fingerprint density at radius 2 is 1.79 bits per heavy atom. The van der Waals surface area contributed by atoms with Gasteiger partial charge in [0.2, 0.25) is 0 Å². The van der Waals surface area contributed by atoms with Gasteiger partial charge in [0, 0.05) is 9.07 Å². The molecule has 3 saturated carbocycles. The van der Waals surface area contributed by atoms with Gasteiger partial charge in [-0.05, 0) is 123 Å². The molecule has 0 bridgehead atoms. The van der Waals surface area contributed by atoms with Gasteiger partial charge in [-0.25, -0.2) is 0 Å². The van der Waals surface area contributed by atoms with Gasteiger partial charge in [-0.3, -0.25) is 0 Å². The molecule has 3 heteroatoms. The second kappa shape index (κ2) is 10.3. The van der Waals surface area contributed by atoms with Gasteiger partial charge < -0.3 is 4.43 Å². The molecule has 0 saturated heterocycles. The molecule has 0 spiro atoms. The van der Waals surface area contributed by atoms with Crippen LogP contribution in [0.2, 0.25) is 13.1 Å². The van der Waals surface area contributed by atoms with Crippen LogP contribution in [-0.4, -0.2) is 19.4 Å². The van der Waals surface area contributed by atoms with Crippen LogP contribution in [0.3, 0.4) is 0 Å². The number of fused-ring (bicyclic) bond motifs is 5. The molecule has 4 aliphatic carbocycles. The first-order chi connectivity index (χ1) is 17.1. The Balaban J connectivity index is 1.58. The summed E-state index contributed by atoms with van der Waals surface area (Å²) in [4.78, 5) is 0.847. The quantitative estimate of drug-likeness (QED) is 0.165. The molecule has 0 amide bonds. The van der Waals surface area contributed by atoms with E-state index in [9.17, 15) is 0 Å². The van der Waals surface area contributed by atoms with E-state index in [4.69, 9.17) is 8.54 Å². The molecular weight excluding hydrogens is 496 g/mol. The van der Waals surface area contributed by atoms with Gasteiger partial charge in [0.25, 0.3) is 0 Å². The first-order valence-corrected chi connectivity index (χ1v) is 18.9. The summed E-state index contributed by atoms with van der Waals surface area (Å²) in [7, 11) is -1.93. The van der Waals surface area contributed by atoms with Crippen molar-refractivity contribution < 1.29 is 8.54 Å². The summed E-state index contributed by atoms with van der Waals surface area (Å²) in [5.41, 5.74) is 2.51. The summed E-state index contributed by atoms with van der Waals surface area (Å²) in [5, 5.41) is 0. The maximum Gasteiger partial charge on any atom is 0.197 e. The minimum atomic E-state index is -2.06. The lowest BCUT2D eigenvalue weighted by atomic mass is 9.46. The normalized spacial score (nSPS) is 43.0. The summed E-state index contributed by atoms with van der Waals surface area (Å²) in [6.45, 7) is 14.7. The van der Waals surface area contributed by atoms with Crippen LogP contribution in [0, 0.1) is 46.3 Å². The largest absolute Gasteiger partial charge is 0.410 e. The maximum atomic E-state index is 8.57. The lowest BCUT2D eigenvalue weighted by Gasteiger charge is -2.59. The monoisotopic (exact) mass is 553 g/mol. The Hall–Kier alpha value is 0.397. The fourth-order valence-electron chi connectivity index (χ4n) is 9.41. The van der Waals surface area contributed by atoms with Crippen molar-refractivity contribution in [3.05, 3.63) is 11.1 Å². The van der Waals surface area contributed by atoms with Crippen molar-refractivity contribution in [2.45, 2.75) is 131 Å². The van der Waals surface area contributed by atoms with Crippen LogP contribution in [-0.2, 0) is 4.43 Å². The predicted molar refractivity (Wildman–Crippen MR) is 154 cm³/mol. The van der Waals surface area contributed by atoms with Crippen LogP contribution in [0.15, 0.2) is 11.1 Å². The minimum absolute atomic E-state index is 0.0366. The Labute approximate surface area is 226 Å². The number of hydrogen-bond donors (Lipinski definition) is 0. The summed E-state index contributed by atoms with van der Waals surface area (Å²) >= 11 is 3.64. The molecule has 34 heavy (non-hydrogen) atoms. The highest BCUT2D eigenvalue weighted by atomic mass is 79.9. The zero-order valence-electron chi connectivity index (χ0n) is 26.3. The van der Waals surface area contributed by atoms with Crippen molar-refractivity contribution in [3.8, 4) is 0 Å². The fourth-order valence-corrected chi connectivity index (χ4v) is 10.9. The van der Waals surface area contributed by atoms with E-state index in [2.05, 4.69) is 63.6 Å². The molecule has 196 valence electrons. The van der Waals surface area contributed by atoms with E-state index in [1.165, 1.54) is 56.9 Å². The van der Waals surface area contributed by atoms with Crippen LogP contribution in [0.4, 0.5) is 0 Å². The number of halogens is 1. The zero-order valence-corrected chi connectivity index (χ0v) is 25.9. The SMILES string of the molecule is [2H]C([2H])([2H])C1=C2CC[C@H]3[C@@H]4CC[C@H]([C@H](C)CCCC(C)C)[C@@]4(C)CC[C@@H]3[C@@]2(C)CC[C@@H]1O[Si](C)(C)CBr. The molecule has 0 aromatic carbocycles. The third-order valence-electron chi connectivity index (χ3n) is 11.2. The van der Waals surface area contributed by atoms with E-state index in [0.717, 1.165) is 53.8 Å². The molecule has 4 rings (SSSR count). The molecule has 0 heterocycles. The third-order valence-corrected chi connectivity index (χ3v) is 16.8. The molecule has 0 aromatic rings. The van der Waals surface area contributed by atoms with Gasteiger partial charge in [-0.1, -0.05) is 75.4 Å². The van der Waals surface area contributed by atoms with Crippen LogP contribution < -0.4 is 0 Å². The zero-order chi connectivity index (χ0) is 27.4. The van der Waals surface area contributed by atoms with E-state index in [-0.39, 0.29) is 11.5 Å². The van der Waals surface area contributed by atoms with Crippen molar-refractivity contribution in [1.82, 2.24) is 0 Å². The second-order valence-corrected chi connectivity index (χ2v) is 20.0. The molecule has 0 aliphatic heterocycles. The number of alkyl halides is 1. The molecule has 0 N–H and O–H groups in total. The fraction of sp³-hybridized carbons (Fsp3) is 0.935. The second-order valence-electron chi connectivity index (χ2n) is 14.3. The topological polar surface area (TPSA) is 9.23 Å². The molecule has 0 radical (unpaired) electrons. The summed E-state index contributed by atoms with van der Waals surface area (Å²) in [6.07, 6.45) is 13.5. The number of hydrogen-bond acceptors (Lipinski definition) is 1. The maximum absolute atomic E-state index is 8.57. The summed E-state index contributed by atoms with van der Waals surface area (Å²) in [5.74, 6) is 4.75. The minimum Gasteiger partial charge on any atom is -0.410 e. The lowest BCUT2D eigenvalue weighted by Crippen LogP contribution is -2.52. The molecule has 4 aliphatic rings. The molecule has 3 fully saturated rings. The lowest BCUT2D eigenvalue weighted by molar-refractivity contribution is -0.0633. The van der Waals surface area contributed by atoms with E-state index in [1.807, 2.05) is 0 Å². The van der Waals surface area contributed by atoms with E-state index in [1.54, 1.807) is 0 Å². The van der Waals surface area contributed by atoms with Crippen molar-refractivity contribution in [2.75, 3.05) is 4.95 Å². The van der Waals surface area contributed by atoms with E-state index < -0.39 is 15.2 Å². The first-order valence-electron chi connectivity index (χ1n) is 16.1. The summed E-state index contributed by atoms with van der Waals surface area (Å²) < 4.78 is 32.3. The van der Waals surface area contributed by atoms with Crippen molar-refractivity contribution in [3.63, 3.8) is 0 Å². The average Bonchev–Trinajstić information content (AvgIpc) is 3.15. The van der Waals surface area contributed by atoms with Crippen LogP contribution in [0.1, 0.15) is 116 Å². The molecule has 0 unspecified atom stereocenters. The van der Waals surface area contributed by atoms with Crippen molar-refractivity contribution in [2.24, 2.45) is 46.3 Å². The van der Waals surface area contributed by atoms with Crippen molar-refractivity contribution >= 4 is 24.2 Å². The van der Waals surface area contributed by atoms with Gasteiger partial charge in [0.1, 0.15) is 0 Å². The van der Waals surface area contributed by atoms with Crippen LogP contribution in [0.5, 0.6) is 0 Å². The van der Waals surface area contributed by atoms with Gasteiger partial charge in [0.05, 0.1) is 6.10 Å². The highest BCUT2D eigenvalue weighted by Gasteiger charge is 2.59. The smallest absolute Gasteiger partial charge is 0.197 e. The van der Waals surface area contributed by atoms with Crippen molar-refractivity contribution in [1.29, 1.82) is 0 Å². The van der Waals surface area contributed by atoms with Crippen LogP contribution in [0.25, 0.3) is 0 Å². The Kier molecular flexibility index (Phi) is 7.11.